The highest BCUT2D eigenvalue weighted by Gasteiger charge is 2.25. The highest BCUT2D eigenvalue weighted by atomic mass is 16.3. The summed E-state index contributed by atoms with van der Waals surface area (Å²) in [4.78, 5) is 9.45. The summed E-state index contributed by atoms with van der Waals surface area (Å²) in [5.41, 5.74) is 2.34. The fourth-order valence-electron chi connectivity index (χ4n) is 3.65. The van der Waals surface area contributed by atoms with Gasteiger partial charge in [0.05, 0.1) is 11.0 Å². The summed E-state index contributed by atoms with van der Waals surface area (Å²) < 4.78 is 2.28. The molecular formula is C22H37N5O. The van der Waals surface area contributed by atoms with E-state index in [9.17, 15) is 5.11 Å². The van der Waals surface area contributed by atoms with Crippen LogP contribution in [0.3, 0.4) is 0 Å². The van der Waals surface area contributed by atoms with Gasteiger partial charge in [0.2, 0.25) is 0 Å². The van der Waals surface area contributed by atoms with E-state index in [-0.39, 0.29) is 12.0 Å². The molecule has 0 aliphatic carbocycles. The minimum Gasteiger partial charge on any atom is -0.396 e. The number of imidazole rings is 1. The molecule has 6 heteroatoms. The number of nitrogens with zero attached hydrogens (tertiary/aromatic N) is 3. The van der Waals surface area contributed by atoms with E-state index in [1.807, 2.05) is 6.07 Å². The van der Waals surface area contributed by atoms with E-state index in [0.29, 0.717) is 0 Å². The first-order valence-electron chi connectivity index (χ1n) is 10.6. The molecule has 1 aromatic heterocycles. The van der Waals surface area contributed by atoms with Gasteiger partial charge in [0, 0.05) is 32.8 Å². The first-order chi connectivity index (χ1) is 13.6. The lowest BCUT2D eigenvalue weighted by molar-refractivity contribution is 0.175. The second-order valence-electron chi connectivity index (χ2n) is 7.46. The Kier molecular flexibility index (Phi) is 8.77. The van der Waals surface area contributed by atoms with Crippen LogP contribution in [0.1, 0.15) is 52.3 Å². The third-order valence-corrected chi connectivity index (χ3v) is 5.76. The molecule has 0 amide bonds. The Morgan fingerprint density at radius 2 is 1.93 bits per heavy atom. The zero-order chi connectivity index (χ0) is 20.4. The zero-order valence-electron chi connectivity index (χ0n) is 18.0. The molecule has 0 saturated carbocycles. The molecule has 0 bridgehead atoms. The summed E-state index contributed by atoms with van der Waals surface area (Å²) in [5.74, 6) is 1.92. The SMILES string of the molecule is CCNC(=NCC(CC)(CC)CCO)NCCCn1c(C)nc2ccccc21. The molecular weight excluding hydrogens is 350 g/mol. The van der Waals surface area contributed by atoms with Crippen LogP contribution in [0.2, 0.25) is 0 Å². The monoisotopic (exact) mass is 387 g/mol. The van der Waals surface area contributed by atoms with E-state index in [1.165, 1.54) is 5.52 Å². The van der Waals surface area contributed by atoms with Crippen molar-refractivity contribution in [1.82, 2.24) is 20.2 Å². The first-order valence-corrected chi connectivity index (χ1v) is 10.6. The fraction of sp³-hybridized carbons (Fsp3) is 0.636. The number of aliphatic hydroxyl groups is 1. The second kappa shape index (κ2) is 11.1. The number of hydrogen-bond donors (Lipinski definition) is 3. The summed E-state index contributed by atoms with van der Waals surface area (Å²) in [5, 5.41) is 16.2. The quantitative estimate of drug-likeness (QED) is 0.313. The number of nitrogens with one attached hydrogen (secondary N) is 2. The molecule has 2 rings (SSSR count). The molecule has 0 atom stereocenters. The van der Waals surface area contributed by atoms with Gasteiger partial charge in [-0.25, -0.2) is 4.98 Å². The molecule has 156 valence electrons. The highest BCUT2D eigenvalue weighted by molar-refractivity contribution is 5.79. The van der Waals surface area contributed by atoms with Crippen LogP contribution >= 0.6 is 0 Å². The van der Waals surface area contributed by atoms with E-state index in [0.717, 1.165) is 69.2 Å². The van der Waals surface area contributed by atoms with Crippen LogP contribution in [-0.2, 0) is 6.54 Å². The normalized spacial score (nSPS) is 12.5. The second-order valence-corrected chi connectivity index (χ2v) is 7.46. The molecule has 0 radical (unpaired) electrons. The number of hydrogen-bond acceptors (Lipinski definition) is 3. The summed E-state index contributed by atoms with van der Waals surface area (Å²) >= 11 is 0. The molecule has 0 aliphatic rings. The van der Waals surface area contributed by atoms with Gasteiger partial charge < -0.3 is 20.3 Å². The van der Waals surface area contributed by atoms with Gasteiger partial charge in [0.1, 0.15) is 5.82 Å². The Labute approximate surface area is 169 Å². The Morgan fingerprint density at radius 3 is 2.61 bits per heavy atom. The van der Waals surface area contributed by atoms with E-state index >= 15 is 0 Å². The van der Waals surface area contributed by atoms with E-state index in [1.54, 1.807) is 0 Å². The van der Waals surface area contributed by atoms with Crippen molar-refractivity contribution in [3.8, 4) is 0 Å². The first kappa shape index (κ1) is 22.2. The molecule has 3 N–H and O–H groups in total. The maximum absolute atomic E-state index is 9.41. The van der Waals surface area contributed by atoms with E-state index in [4.69, 9.17) is 4.99 Å². The molecule has 0 spiro atoms. The summed E-state index contributed by atoms with van der Waals surface area (Å²) in [6.45, 7) is 12.1. The van der Waals surface area contributed by atoms with Crippen molar-refractivity contribution in [1.29, 1.82) is 0 Å². The van der Waals surface area contributed by atoms with Gasteiger partial charge >= 0.3 is 0 Å². The molecule has 0 fully saturated rings. The smallest absolute Gasteiger partial charge is 0.191 e. The Hall–Kier alpha value is -2.08. The molecule has 1 aromatic carbocycles. The van der Waals surface area contributed by atoms with Crippen molar-refractivity contribution in [3.63, 3.8) is 0 Å². The average Bonchev–Trinajstić information content (AvgIpc) is 3.03. The van der Waals surface area contributed by atoms with Crippen molar-refractivity contribution in [2.24, 2.45) is 10.4 Å². The maximum Gasteiger partial charge on any atom is 0.191 e. The summed E-state index contributed by atoms with van der Waals surface area (Å²) in [6.07, 6.45) is 3.85. The largest absolute Gasteiger partial charge is 0.396 e. The van der Waals surface area contributed by atoms with Crippen molar-refractivity contribution >= 4 is 17.0 Å². The Bertz CT molecular complexity index is 748. The number of aromatic nitrogens is 2. The number of para-hydroxylation sites is 2. The van der Waals surface area contributed by atoms with Crippen molar-refractivity contribution in [3.05, 3.63) is 30.1 Å². The minimum atomic E-state index is 0.0872. The van der Waals surface area contributed by atoms with E-state index < -0.39 is 0 Å². The van der Waals surface area contributed by atoms with Crippen LogP contribution in [0.15, 0.2) is 29.3 Å². The molecule has 0 saturated heterocycles. The van der Waals surface area contributed by atoms with Crippen molar-refractivity contribution < 1.29 is 5.11 Å². The number of rotatable bonds is 11. The van der Waals surface area contributed by atoms with Gasteiger partial charge in [-0.1, -0.05) is 26.0 Å². The lowest BCUT2D eigenvalue weighted by atomic mass is 9.79. The standard InChI is InChI=1S/C22H37N5O/c1-5-22(6-2,13-16-28)17-25-21(23-7-3)24-14-10-15-27-18(4)26-19-11-8-9-12-20(19)27/h8-9,11-12,28H,5-7,10,13-17H2,1-4H3,(H2,23,24,25). The van der Waals surface area contributed by atoms with Crippen LogP contribution in [-0.4, -0.2) is 46.9 Å². The summed E-state index contributed by atoms with van der Waals surface area (Å²) in [7, 11) is 0. The lowest BCUT2D eigenvalue weighted by Gasteiger charge is -2.29. The van der Waals surface area contributed by atoms with Crippen LogP contribution in [0, 0.1) is 12.3 Å². The van der Waals surface area contributed by atoms with Gasteiger partial charge in [-0.15, -0.1) is 0 Å². The van der Waals surface area contributed by atoms with Gasteiger partial charge in [-0.05, 0) is 57.1 Å². The molecule has 2 aromatic rings. The minimum absolute atomic E-state index is 0.0872. The lowest BCUT2D eigenvalue weighted by Crippen LogP contribution is -2.39. The average molecular weight is 388 g/mol. The molecule has 0 aliphatic heterocycles. The maximum atomic E-state index is 9.41. The fourth-order valence-corrected chi connectivity index (χ4v) is 3.65. The Balaban J connectivity index is 1.93. The van der Waals surface area contributed by atoms with Gasteiger partial charge in [-0.3, -0.25) is 4.99 Å². The van der Waals surface area contributed by atoms with Crippen LogP contribution in [0.5, 0.6) is 0 Å². The predicted molar refractivity (Wildman–Crippen MR) is 118 cm³/mol. The highest BCUT2D eigenvalue weighted by Crippen LogP contribution is 2.30. The van der Waals surface area contributed by atoms with Gasteiger partial charge in [-0.2, -0.15) is 0 Å². The molecule has 6 nitrogen and oxygen atoms in total. The van der Waals surface area contributed by atoms with Crippen LogP contribution in [0.25, 0.3) is 11.0 Å². The number of guanidine groups is 1. The number of aliphatic hydroxyl groups excluding tert-OH is 1. The predicted octanol–water partition coefficient (Wildman–Crippen LogP) is 3.48. The third kappa shape index (κ3) is 5.71. The zero-order valence-corrected chi connectivity index (χ0v) is 18.0. The van der Waals surface area contributed by atoms with Gasteiger partial charge in [0.25, 0.3) is 0 Å². The number of benzene rings is 1. The van der Waals surface area contributed by atoms with E-state index in [2.05, 4.69) is 66.1 Å². The number of fused-ring (bicyclic) bond motifs is 1. The van der Waals surface area contributed by atoms with Crippen molar-refractivity contribution in [2.45, 2.75) is 59.9 Å². The third-order valence-electron chi connectivity index (χ3n) is 5.76. The molecule has 1 heterocycles. The molecule has 0 unspecified atom stereocenters. The van der Waals surface area contributed by atoms with Crippen LogP contribution < -0.4 is 10.6 Å². The van der Waals surface area contributed by atoms with Gasteiger partial charge in [0.15, 0.2) is 5.96 Å². The number of aliphatic imine (C=N–C) groups is 1. The Morgan fingerprint density at radius 1 is 1.18 bits per heavy atom. The number of aryl methyl sites for hydroxylation is 2. The van der Waals surface area contributed by atoms with Crippen LogP contribution in [0.4, 0.5) is 0 Å². The van der Waals surface area contributed by atoms with Crippen molar-refractivity contribution in [2.75, 3.05) is 26.2 Å². The molecule has 28 heavy (non-hydrogen) atoms. The topological polar surface area (TPSA) is 74.5 Å². The summed E-state index contributed by atoms with van der Waals surface area (Å²) in [6, 6.07) is 8.29.